The average Bonchev–Trinajstić information content (AvgIpc) is 4.12. The Morgan fingerprint density at radius 2 is 0.986 bits per heavy atom. The van der Waals surface area contributed by atoms with Crippen LogP contribution in [0.25, 0.3) is 98.7 Å². The topological polar surface area (TPSA) is 68.7 Å². The molecule has 1 atom stereocenters. The molecule has 1 aliphatic heterocycles. The first-order valence-corrected chi connectivity index (χ1v) is 23.7. The van der Waals surface area contributed by atoms with E-state index in [1.165, 1.54) is 21.2 Å². The van der Waals surface area contributed by atoms with Crippen LogP contribution in [-0.4, -0.2) is 23.7 Å². The highest BCUT2D eigenvalue weighted by Gasteiger charge is 2.52. The molecule has 0 radical (unpaired) electrons. The highest BCUT2D eigenvalue weighted by Crippen LogP contribution is 2.62. The highest BCUT2D eigenvalue weighted by atomic mass is 32.2. The van der Waals surface area contributed by atoms with E-state index in [0.29, 0.717) is 11.3 Å². The van der Waals surface area contributed by atoms with Gasteiger partial charge in [0, 0.05) is 59.9 Å². The number of pyridine rings is 2. The van der Waals surface area contributed by atoms with Crippen molar-refractivity contribution in [3.05, 3.63) is 240 Å². The smallest absolute Gasteiger partial charge is 0.188 e. The number of aromatic nitrogens is 5. The first kappa shape index (κ1) is 38.0. The van der Waals surface area contributed by atoms with Gasteiger partial charge in [-0.05, 0) is 125 Å². The maximum Gasteiger partial charge on any atom is 0.188 e. The predicted octanol–water partition coefficient (Wildman–Crippen LogP) is 15.0. The van der Waals surface area contributed by atoms with Gasteiger partial charge >= 0.3 is 0 Å². The first-order valence-electron chi connectivity index (χ1n) is 22.9. The molecule has 69 heavy (non-hydrogen) atoms. The molecule has 8 aromatic carbocycles. The molecular formula is C61H33N7S. The molecule has 7 nitrogen and oxygen atoms in total. The number of benzene rings is 8. The van der Waals surface area contributed by atoms with Crippen LogP contribution in [0.3, 0.4) is 0 Å². The van der Waals surface area contributed by atoms with Crippen molar-refractivity contribution in [2.45, 2.75) is 15.2 Å². The summed E-state index contributed by atoms with van der Waals surface area (Å²) >= 11 is 1.80. The van der Waals surface area contributed by atoms with Crippen LogP contribution in [0, 0.1) is 17.9 Å². The SMILES string of the molecule is [C-]#[N+]c1ccc2c(c1)c1ccccc1n2-c1cnc2c(c1)C1(c3ccccc3Sc3ccc(-n4c5ccc(C#N)cc5c5cc(-n6c7ccccc7c7ccccc76)ccc54)cc31)c1cccnc1-2. The Kier molecular flexibility index (Phi) is 7.65. The Morgan fingerprint density at radius 3 is 1.72 bits per heavy atom. The van der Waals surface area contributed by atoms with Gasteiger partial charge in [0.25, 0.3) is 0 Å². The van der Waals surface area contributed by atoms with Crippen molar-refractivity contribution in [1.29, 1.82) is 5.26 Å². The quantitative estimate of drug-likeness (QED) is 0.166. The monoisotopic (exact) mass is 895 g/mol. The molecule has 1 aliphatic carbocycles. The minimum Gasteiger partial charge on any atom is -0.309 e. The van der Waals surface area contributed by atoms with Crippen molar-refractivity contribution in [2.75, 3.05) is 0 Å². The van der Waals surface area contributed by atoms with Crippen LogP contribution < -0.4 is 0 Å². The summed E-state index contributed by atoms with van der Waals surface area (Å²) in [5.41, 5.74) is 16.1. The molecule has 0 saturated carbocycles. The molecule has 1 unspecified atom stereocenters. The molecular weight excluding hydrogens is 863 g/mol. The maximum atomic E-state index is 10.2. The van der Waals surface area contributed by atoms with Crippen LogP contribution >= 0.6 is 11.8 Å². The summed E-state index contributed by atoms with van der Waals surface area (Å²) in [5.74, 6) is 0. The minimum absolute atomic E-state index is 0.610. The average molecular weight is 896 g/mol. The van der Waals surface area contributed by atoms with E-state index in [2.05, 4.69) is 188 Å². The molecule has 0 amide bonds. The zero-order chi connectivity index (χ0) is 45.5. The lowest BCUT2D eigenvalue weighted by atomic mass is 9.67. The summed E-state index contributed by atoms with van der Waals surface area (Å²) in [5, 5.41) is 16.9. The van der Waals surface area contributed by atoms with Crippen LogP contribution in [0.15, 0.2) is 210 Å². The molecule has 15 rings (SSSR count). The van der Waals surface area contributed by atoms with Crippen LogP contribution in [0.4, 0.5) is 5.69 Å². The summed E-state index contributed by atoms with van der Waals surface area (Å²) in [6.07, 6.45) is 3.86. The Hall–Kier alpha value is -9.21. The van der Waals surface area contributed by atoms with Crippen LogP contribution in [-0.2, 0) is 5.41 Å². The fraction of sp³-hybridized carbons (Fsp3) is 0.0164. The van der Waals surface area contributed by atoms with E-state index in [1.807, 2.05) is 36.7 Å². The Labute approximate surface area is 399 Å². The first-order chi connectivity index (χ1) is 34.1. The molecule has 8 heteroatoms. The van der Waals surface area contributed by atoms with E-state index >= 15 is 0 Å². The molecule has 13 aromatic rings. The molecule has 1 spiro atoms. The zero-order valence-electron chi connectivity index (χ0n) is 36.6. The van der Waals surface area contributed by atoms with Crippen molar-refractivity contribution >= 4 is 82.9 Å². The van der Waals surface area contributed by atoms with E-state index in [1.54, 1.807) is 11.8 Å². The number of para-hydroxylation sites is 3. The van der Waals surface area contributed by atoms with E-state index in [9.17, 15) is 5.26 Å². The second kappa shape index (κ2) is 13.9. The van der Waals surface area contributed by atoms with Gasteiger partial charge in [-0.1, -0.05) is 96.7 Å². The van der Waals surface area contributed by atoms with Gasteiger partial charge in [-0.3, -0.25) is 9.97 Å². The third-order valence-corrected chi connectivity index (χ3v) is 15.8. The van der Waals surface area contributed by atoms with Crippen molar-refractivity contribution in [3.63, 3.8) is 0 Å². The van der Waals surface area contributed by atoms with Gasteiger partial charge < -0.3 is 13.7 Å². The lowest BCUT2D eigenvalue weighted by molar-refractivity contribution is 0.717. The molecule has 0 fully saturated rings. The maximum absolute atomic E-state index is 10.2. The molecule has 0 N–H and O–H groups in total. The highest BCUT2D eigenvalue weighted by molar-refractivity contribution is 7.99. The number of hydrogen-bond acceptors (Lipinski definition) is 4. The fourth-order valence-corrected chi connectivity index (χ4v) is 13.0. The van der Waals surface area contributed by atoms with Crippen LogP contribution in [0.1, 0.15) is 27.8 Å². The van der Waals surface area contributed by atoms with E-state index in [-0.39, 0.29) is 0 Å². The van der Waals surface area contributed by atoms with Gasteiger partial charge in [-0.2, -0.15) is 5.26 Å². The molecule has 0 saturated heterocycles. The molecule has 318 valence electrons. The van der Waals surface area contributed by atoms with Crippen molar-refractivity contribution in [2.24, 2.45) is 0 Å². The lowest BCUT2D eigenvalue weighted by Crippen LogP contribution is -2.32. The Bertz CT molecular complexity index is 4470. The van der Waals surface area contributed by atoms with Crippen molar-refractivity contribution in [3.8, 4) is 34.5 Å². The number of nitrogens with zero attached hydrogens (tertiary/aromatic N) is 7. The number of nitriles is 1. The molecule has 2 aliphatic rings. The lowest BCUT2D eigenvalue weighted by Gasteiger charge is -2.39. The van der Waals surface area contributed by atoms with Crippen molar-refractivity contribution < 1.29 is 0 Å². The number of hydrogen-bond donors (Lipinski definition) is 0. The summed E-state index contributed by atoms with van der Waals surface area (Å²) in [6.45, 7) is 7.80. The third kappa shape index (κ3) is 5.00. The van der Waals surface area contributed by atoms with Gasteiger partial charge in [0.2, 0.25) is 0 Å². The molecule has 6 heterocycles. The van der Waals surface area contributed by atoms with Gasteiger partial charge in [0.15, 0.2) is 5.69 Å². The normalized spacial score (nSPS) is 14.6. The van der Waals surface area contributed by atoms with Crippen LogP contribution in [0.5, 0.6) is 0 Å². The fourth-order valence-electron chi connectivity index (χ4n) is 11.8. The summed E-state index contributed by atoms with van der Waals surface area (Å²) in [6, 6.07) is 69.2. The second-order valence-corrected chi connectivity index (χ2v) is 19.0. The third-order valence-electron chi connectivity index (χ3n) is 14.6. The molecule has 5 aromatic heterocycles. The molecule has 0 bridgehead atoms. The summed E-state index contributed by atoms with van der Waals surface area (Å²) in [4.78, 5) is 16.6. The van der Waals surface area contributed by atoms with Gasteiger partial charge in [0.1, 0.15) is 0 Å². The van der Waals surface area contributed by atoms with Gasteiger partial charge in [-0.25, -0.2) is 4.85 Å². The summed E-state index contributed by atoms with van der Waals surface area (Å²) < 4.78 is 7.01. The Morgan fingerprint density at radius 1 is 0.449 bits per heavy atom. The summed E-state index contributed by atoms with van der Waals surface area (Å²) in [7, 11) is 0. The van der Waals surface area contributed by atoms with Gasteiger partial charge in [-0.15, -0.1) is 0 Å². The van der Waals surface area contributed by atoms with Crippen molar-refractivity contribution in [1.82, 2.24) is 23.7 Å². The van der Waals surface area contributed by atoms with E-state index < -0.39 is 5.41 Å². The zero-order valence-corrected chi connectivity index (χ0v) is 37.4. The van der Waals surface area contributed by atoms with E-state index in [0.717, 1.165) is 105 Å². The van der Waals surface area contributed by atoms with Gasteiger partial charge in [0.05, 0.1) is 80.0 Å². The van der Waals surface area contributed by atoms with Crippen LogP contribution in [0.2, 0.25) is 0 Å². The standard InChI is InChI=1S/C61H33N7S/c1-63-37-21-25-55-45(30-37)43-13-4-8-18-53(43)68(55)40-33-50-60(65-35-40)59-48(15-10-28-64-59)61(50)47-14-5-9-19-57(47)69-58-27-23-39(32-49(58)61)67-54-24-20-36(34-62)29-44(54)46-31-38(22-26-56(46)67)66-51-16-6-2-11-41(51)42-12-3-7-17-52(42)66/h2-33,35H. The van der Waals surface area contributed by atoms with E-state index in [4.69, 9.17) is 16.5 Å². The Balaban J connectivity index is 0.999. The minimum atomic E-state index is -0.776. The number of fused-ring (bicyclic) bond motifs is 18. The largest absolute Gasteiger partial charge is 0.309 e. The predicted molar refractivity (Wildman–Crippen MR) is 277 cm³/mol. The number of rotatable bonds is 3. The second-order valence-electron chi connectivity index (χ2n) is 17.9.